The fourth-order valence-corrected chi connectivity index (χ4v) is 5.56. The third-order valence-electron chi connectivity index (χ3n) is 4.56. The second-order valence-corrected chi connectivity index (χ2v) is 8.59. The van der Waals surface area contributed by atoms with E-state index in [1.54, 1.807) is 23.1 Å². The lowest BCUT2D eigenvalue weighted by Gasteiger charge is -2.17. The van der Waals surface area contributed by atoms with Crippen molar-refractivity contribution in [3.8, 4) is 0 Å². The Kier molecular flexibility index (Phi) is 4.46. The highest BCUT2D eigenvalue weighted by Gasteiger charge is 2.22. The SMILES string of the molecule is C[C@H]1CCc2c(sc3nc(CSCc4ccccc4)[nH]c(=O)c23)C1. The molecule has 0 spiro atoms. The van der Waals surface area contributed by atoms with Crippen LogP contribution in [0.4, 0.5) is 0 Å². The van der Waals surface area contributed by atoms with Crippen LogP contribution in [0.3, 0.4) is 0 Å². The van der Waals surface area contributed by atoms with E-state index in [-0.39, 0.29) is 5.56 Å². The molecule has 1 aromatic carbocycles. The van der Waals surface area contributed by atoms with Crippen molar-refractivity contribution in [2.75, 3.05) is 0 Å². The molecule has 0 bridgehead atoms. The number of hydrogen-bond acceptors (Lipinski definition) is 4. The molecule has 2 heterocycles. The van der Waals surface area contributed by atoms with Gasteiger partial charge in [-0.15, -0.1) is 23.1 Å². The third-order valence-corrected chi connectivity index (χ3v) is 6.73. The molecule has 3 nitrogen and oxygen atoms in total. The number of hydrogen-bond donors (Lipinski definition) is 1. The van der Waals surface area contributed by atoms with E-state index in [1.165, 1.54) is 22.4 Å². The second-order valence-electron chi connectivity index (χ2n) is 6.52. The number of H-pyrrole nitrogens is 1. The van der Waals surface area contributed by atoms with E-state index in [0.717, 1.165) is 40.4 Å². The number of nitrogens with one attached hydrogen (secondary N) is 1. The average Bonchev–Trinajstić information content (AvgIpc) is 2.93. The number of fused-ring (bicyclic) bond motifs is 3. The van der Waals surface area contributed by atoms with Crippen molar-refractivity contribution in [3.05, 3.63) is 62.5 Å². The first-order valence-electron chi connectivity index (χ1n) is 8.36. The van der Waals surface area contributed by atoms with Crippen LogP contribution >= 0.6 is 23.1 Å². The van der Waals surface area contributed by atoms with Crippen LogP contribution in [-0.2, 0) is 24.3 Å². The van der Waals surface area contributed by atoms with Crippen molar-refractivity contribution in [1.29, 1.82) is 0 Å². The van der Waals surface area contributed by atoms with Crippen LogP contribution in [0, 0.1) is 5.92 Å². The van der Waals surface area contributed by atoms with Gasteiger partial charge >= 0.3 is 0 Å². The number of aryl methyl sites for hydroxylation is 1. The van der Waals surface area contributed by atoms with Gasteiger partial charge in [0.25, 0.3) is 5.56 Å². The summed E-state index contributed by atoms with van der Waals surface area (Å²) in [6.07, 6.45) is 3.28. The summed E-state index contributed by atoms with van der Waals surface area (Å²) in [5.74, 6) is 3.17. The second kappa shape index (κ2) is 6.73. The van der Waals surface area contributed by atoms with Crippen molar-refractivity contribution in [2.24, 2.45) is 5.92 Å². The number of thioether (sulfide) groups is 1. The standard InChI is InChI=1S/C19H20N2OS2/c1-12-7-8-14-15(9-12)24-19-17(14)18(22)20-16(21-19)11-23-10-13-5-3-2-4-6-13/h2-6,12H,7-11H2,1H3,(H,20,21,22)/t12-/m0/s1. The molecule has 0 radical (unpaired) electrons. The molecule has 0 fully saturated rings. The van der Waals surface area contributed by atoms with Gasteiger partial charge in [0.05, 0.1) is 11.1 Å². The van der Waals surface area contributed by atoms with E-state index in [9.17, 15) is 4.79 Å². The third kappa shape index (κ3) is 3.15. The molecule has 2 aromatic heterocycles. The van der Waals surface area contributed by atoms with Crippen LogP contribution in [0.15, 0.2) is 35.1 Å². The maximum atomic E-state index is 12.5. The molecule has 1 N–H and O–H groups in total. The van der Waals surface area contributed by atoms with Crippen LogP contribution in [0.5, 0.6) is 0 Å². The predicted molar refractivity (Wildman–Crippen MR) is 103 cm³/mol. The van der Waals surface area contributed by atoms with Crippen molar-refractivity contribution in [3.63, 3.8) is 0 Å². The molecule has 0 saturated carbocycles. The van der Waals surface area contributed by atoms with Gasteiger partial charge in [0.2, 0.25) is 0 Å². The van der Waals surface area contributed by atoms with E-state index in [1.807, 2.05) is 6.07 Å². The van der Waals surface area contributed by atoms with Crippen LogP contribution < -0.4 is 5.56 Å². The lowest BCUT2D eigenvalue weighted by molar-refractivity contribution is 0.509. The topological polar surface area (TPSA) is 45.8 Å². The first kappa shape index (κ1) is 15.9. The Bertz CT molecular complexity index is 914. The summed E-state index contributed by atoms with van der Waals surface area (Å²) in [6, 6.07) is 10.4. The molecule has 1 atom stereocenters. The smallest absolute Gasteiger partial charge is 0.259 e. The van der Waals surface area contributed by atoms with Gasteiger partial charge in [0, 0.05) is 10.6 Å². The first-order valence-corrected chi connectivity index (χ1v) is 10.3. The van der Waals surface area contributed by atoms with E-state index in [2.05, 4.69) is 36.2 Å². The number of nitrogens with zero attached hydrogens (tertiary/aromatic N) is 1. The maximum Gasteiger partial charge on any atom is 0.259 e. The number of thiophene rings is 1. The van der Waals surface area contributed by atoms with E-state index in [0.29, 0.717) is 5.92 Å². The lowest BCUT2D eigenvalue weighted by Crippen LogP contribution is -2.14. The fraction of sp³-hybridized carbons (Fsp3) is 0.368. The summed E-state index contributed by atoms with van der Waals surface area (Å²) in [6.45, 7) is 2.29. The van der Waals surface area contributed by atoms with E-state index < -0.39 is 0 Å². The van der Waals surface area contributed by atoms with Crippen LogP contribution in [0.25, 0.3) is 10.2 Å². The Morgan fingerprint density at radius 3 is 2.96 bits per heavy atom. The summed E-state index contributed by atoms with van der Waals surface area (Å²) < 4.78 is 0. The van der Waals surface area contributed by atoms with Gasteiger partial charge in [0.1, 0.15) is 10.7 Å². The highest BCUT2D eigenvalue weighted by atomic mass is 32.2. The molecule has 0 saturated heterocycles. The molecule has 1 aliphatic carbocycles. The summed E-state index contributed by atoms with van der Waals surface area (Å²) >= 11 is 3.51. The van der Waals surface area contributed by atoms with Crippen LogP contribution in [0.1, 0.15) is 35.2 Å². The average molecular weight is 357 g/mol. The Labute approximate surface area is 149 Å². The van der Waals surface area contributed by atoms with Crippen LogP contribution in [0.2, 0.25) is 0 Å². The molecule has 124 valence electrons. The minimum Gasteiger partial charge on any atom is -0.309 e. The molecule has 3 aromatic rings. The Morgan fingerprint density at radius 2 is 2.12 bits per heavy atom. The van der Waals surface area contributed by atoms with Crippen LogP contribution in [-0.4, -0.2) is 9.97 Å². The van der Waals surface area contributed by atoms with Gasteiger partial charge in [-0.25, -0.2) is 4.98 Å². The number of aromatic amines is 1. The molecule has 0 amide bonds. The summed E-state index contributed by atoms with van der Waals surface area (Å²) in [4.78, 5) is 22.6. The number of aromatic nitrogens is 2. The molecule has 5 heteroatoms. The minimum absolute atomic E-state index is 0.0439. The zero-order valence-electron chi connectivity index (χ0n) is 13.7. The normalized spacial score (nSPS) is 17.1. The molecule has 0 unspecified atom stereocenters. The molecule has 4 rings (SSSR count). The Balaban J connectivity index is 1.56. The lowest BCUT2D eigenvalue weighted by atomic mass is 9.89. The van der Waals surface area contributed by atoms with Crippen molar-refractivity contribution in [2.45, 2.75) is 37.7 Å². The maximum absolute atomic E-state index is 12.5. The monoisotopic (exact) mass is 356 g/mol. The number of benzene rings is 1. The van der Waals surface area contributed by atoms with Gasteiger partial charge in [-0.1, -0.05) is 37.3 Å². The molecular formula is C19H20N2OS2. The summed E-state index contributed by atoms with van der Waals surface area (Å²) in [5, 5.41) is 0.846. The minimum atomic E-state index is 0.0439. The van der Waals surface area contributed by atoms with E-state index in [4.69, 9.17) is 4.98 Å². The highest BCUT2D eigenvalue weighted by Crippen LogP contribution is 2.35. The Hall–Kier alpha value is -1.59. The molecule has 1 aliphatic rings. The summed E-state index contributed by atoms with van der Waals surface area (Å²) in [7, 11) is 0. The quantitative estimate of drug-likeness (QED) is 0.746. The van der Waals surface area contributed by atoms with E-state index >= 15 is 0 Å². The van der Waals surface area contributed by atoms with Gasteiger partial charge < -0.3 is 4.98 Å². The molecule has 24 heavy (non-hydrogen) atoms. The molecular weight excluding hydrogens is 336 g/mol. The number of rotatable bonds is 4. The van der Waals surface area contributed by atoms with Gasteiger partial charge in [-0.05, 0) is 36.3 Å². The first-order chi connectivity index (χ1) is 11.7. The van der Waals surface area contributed by atoms with Crippen molar-refractivity contribution in [1.82, 2.24) is 9.97 Å². The van der Waals surface area contributed by atoms with Crippen molar-refractivity contribution >= 4 is 33.3 Å². The molecule has 0 aliphatic heterocycles. The Morgan fingerprint density at radius 1 is 1.29 bits per heavy atom. The zero-order chi connectivity index (χ0) is 16.5. The predicted octanol–water partition coefficient (Wildman–Crippen LogP) is 4.54. The fourth-order valence-electron chi connectivity index (χ4n) is 3.30. The zero-order valence-corrected chi connectivity index (χ0v) is 15.3. The summed E-state index contributed by atoms with van der Waals surface area (Å²) in [5.41, 5.74) is 2.60. The van der Waals surface area contributed by atoms with Gasteiger partial charge in [0.15, 0.2) is 0 Å². The largest absolute Gasteiger partial charge is 0.309 e. The van der Waals surface area contributed by atoms with Gasteiger partial charge in [-0.3, -0.25) is 4.79 Å². The van der Waals surface area contributed by atoms with Gasteiger partial charge in [-0.2, -0.15) is 0 Å². The van der Waals surface area contributed by atoms with Crippen molar-refractivity contribution < 1.29 is 0 Å². The highest BCUT2D eigenvalue weighted by molar-refractivity contribution is 7.97.